The van der Waals surface area contributed by atoms with Crippen LogP contribution in [0.3, 0.4) is 0 Å². The zero-order valence-electron chi connectivity index (χ0n) is 20.0. The van der Waals surface area contributed by atoms with Crippen molar-refractivity contribution in [2.24, 2.45) is 5.92 Å². The fourth-order valence-electron chi connectivity index (χ4n) is 3.64. The molecule has 0 rings (SSSR count). The van der Waals surface area contributed by atoms with Crippen molar-refractivity contribution in [3.63, 3.8) is 0 Å². The van der Waals surface area contributed by atoms with Crippen LogP contribution < -0.4 is 0 Å². The van der Waals surface area contributed by atoms with Gasteiger partial charge in [-0.15, -0.1) is 0 Å². The van der Waals surface area contributed by atoms with Gasteiger partial charge in [0.2, 0.25) is 11.8 Å². The molecule has 0 aliphatic rings. The summed E-state index contributed by atoms with van der Waals surface area (Å²) in [5, 5.41) is 36.8. The second-order valence-corrected chi connectivity index (χ2v) is 8.12. The maximum absolute atomic E-state index is 13.0. The van der Waals surface area contributed by atoms with E-state index < -0.39 is 5.92 Å². The van der Waals surface area contributed by atoms with Gasteiger partial charge >= 0.3 is 0 Å². The van der Waals surface area contributed by atoms with Gasteiger partial charge in [-0.2, -0.15) is 0 Å². The van der Waals surface area contributed by atoms with Gasteiger partial charge < -0.3 is 30.2 Å². The predicted octanol–water partition coefficient (Wildman–Crippen LogP) is 1.71. The number of hydrogen-bond acceptors (Lipinski definition) is 6. The summed E-state index contributed by atoms with van der Waals surface area (Å²) in [6.45, 7) is 1.74. The number of carbonyl (C=O) groups excluding carboxylic acids is 2. The molecule has 188 valence electrons. The molecule has 0 aliphatic carbocycles. The zero-order valence-corrected chi connectivity index (χ0v) is 20.0. The van der Waals surface area contributed by atoms with E-state index in [1.807, 2.05) is 6.08 Å². The highest BCUT2D eigenvalue weighted by Crippen LogP contribution is 2.17. The molecule has 0 aromatic heterocycles. The molecule has 0 aromatic carbocycles. The van der Waals surface area contributed by atoms with Gasteiger partial charge in [0.15, 0.2) is 0 Å². The molecule has 0 aliphatic heterocycles. The lowest BCUT2D eigenvalue weighted by Gasteiger charge is -2.27. The first-order chi connectivity index (χ1) is 15.5. The topological polar surface area (TPSA) is 122 Å². The number of hydrogen-bond donors (Lipinski definition) is 4. The fraction of sp³-hybridized carbons (Fsp3) is 0.833. The van der Waals surface area contributed by atoms with Crippen LogP contribution in [0.1, 0.15) is 71.1 Å². The number of aliphatic hydroxyl groups is 4. The second kappa shape index (κ2) is 21.4. The molecule has 1 unspecified atom stereocenters. The molecule has 0 fully saturated rings. The van der Waals surface area contributed by atoms with Crippen molar-refractivity contribution < 1.29 is 30.0 Å². The molecule has 1 atom stereocenters. The Morgan fingerprint density at radius 2 is 1.22 bits per heavy atom. The van der Waals surface area contributed by atoms with Gasteiger partial charge in [-0.3, -0.25) is 9.59 Å². The summed E-state index contributed by atoms with van der Waals surface area (Å²) in [4.78, 5) is 28.4. The van der Waals surface area contributed by atoms with E-state index in [4.69, 9.17) is 0 Å². The van der Waals surface area contributed by atoms with Crippen LogP contribution in [0.5, 0.6) is 0 Å². The molecule has 32 heavy (non-hydrogen) atoms. The van der Waals surface area contributed by atoms with E-state index in [-0.39, 0.29) is 70.8 Å². The van der Waals surface area contributed by atoms with Crippen LogP contribution in [0.25, 0.3) is 0 Å². The first kappa shape index (κ1) is 30.5. The SMILES string of the molecule is CCCCCCCCC/C=C/CC(CC(=O)N(CCO)CCO)C(=O)N(CCO)CCO. The summed E-state index contributed by atoms with van der Waals surface area (Å²) in [5.74, 6) is -1.21. The highest BCUT2D eigenvalue weighted by atomic mass is 16.3. The second-order valence-electron chi connectivity index (χ2n) is 8.12. The molecule has 4 N–H and O–H groups in total. The van der Waals surface area contributed by atoms with Gasteiger partial charge in [0.05, 0.1) is 32.3 Å². The molecule has 8 nitrogen and oxygen atoms in total. The summed E-state index contributed by atoms with van der Waals surface area (Å²) < 4.78 is 0. The molecule has 0 aromatic rings. The van der Waals surface area contributed by atoms with Crippen LogP contribution in [0.15, 0.2) is 12.2 Å². The monoisotopic (exact) mass is 458 g/mol. The molecule has 0 bridgehead atoms. The van der Waals surface area contributed by atoms with E-state index in [0.717, 1.165) is 12.8 Å². The predicted molar refractivity (Wildman–Crippen MR) is 126 cm³/mol. The Labute approximate surface area is 193 Å². The average Bonchev–Trinajstić information content (AvgIpc) is 2.78. The first-order valence-corrected chi connectivity index (χ1v) is 12.2. The van der Waals surface area contributed by atoms with Crippen molar-refractivity contribution in [1.29, 1.82) is 0 Å². The fourth-order valence-corrected chi connectivity index (χ4v) is 3.64. The third kappa shape index (κ3) is 14.6. The van der Waals surface area contributed by atoms with E-state index in [0.29, 0.717) is 6.42 Å². The summed E-state index contributed by atoms with van der Waals surface area (Å²) in [6, 6.07) is 0. The Morgan fingerprint density at radius 1 is 0.719 bits per heavy atom. The molecular weight excluding hydrogens is 412 g/mol. The zero-order chi connectivity index (χ0) is 24.0. The summed E-state index contributed by atoms with van der Waals surface area (Å²) in [5.41, 5.74) is 0. The standard InChI is InChI=1S/C24H46N2O6/c1-2-3-4-5-6-7-8-9-10-11-12-22(24(32)26(15-19-29)16-20-30)21-23(31)25(13-17-27)14-18-28/h10-11,22,27-30H,2-9,12-21H2,1H3/b11-10+. The van der Waals surface area contributed by atoms with Crippen LogP contribution in [0.4, 0.5) is 0 Å². The summed E-state index contributed by atoms with van der Waals surface area (Å²) >= 11 is 0. The van der Waals surface area contributed by atoms with E-state index in [1.54, 1.807) is 0 Å². The maximum atomic E-state index is 13.0. The molecular formula is C24H46N2O6. The van der Waals surface area contributed by atoms with Gasteiger partial charge in [0.1, 0.15) is 0 Å². The van der Waals surface area contributed by atoms with Gasteiger partial charge in [-0.25, -0.2) is 0 Å². The van der Waals surface area contributed by atoms with Crippen LogP contribution in [-0.4, -0.2) is 94.6 Å². The lowest BCUT2D eigenvalue weighted by molar-refractivity contribution is -0.142. The first-order valence-electron chi connectivity index (χ1n) is 12.2. The number of unbranched alkanes of at least 4 members (excludes halogenated alkanes) is 7. The Morgan fingerprint density at radius 3 is 1.75 bits per heavy atom. The number of amides is 2. The minimum Gasteiger partial charge on any atom is -0.395 e. The van der Waals surface area contributed by atoms with E-state index in [9.17, 15) is 30.0 Å². The number of aliphatic hydroxyl groups excluding tert-OH is 4. The van der Waals surface area contributed by atoms with Crippen molar-refractivity contribution >= 4 is 11.8 Å². The van der Waals surface area contributed by atoms with Crippen molar-refractivity contribution in [3.05, 3.63) is 12.2 Å². The highest BCUT2D eigenvalue weighted by molar-refractivity contribution is 5.86. The molecule has 2 amide bonds. The summed E-state index contributed by atoms with van der Waals surface area (Å²) in [6.07, 6.45) is 13.9. The van der Waals surface area contributed by atoms with E-state index >= 15 is 0 Å². The molecule has 8 heteroatoms. The van der Waals surface area contributed by atoms with Crippen molar-refractivity contribution in [2.75, 3.05) is 52.6 Å². The molecule has 0 radical (unpaired) electrons. The van der Waals surface area contributed by atoms with Gasteiger partial charge in [-0.1, -0.05) is 57.6 Å². The van der Waals surface area contributed by atoms with Crippen molar-refractivity contribution in [2.45, 2.75) is 71.1 Å². The maximum Gasteiger partial charge on any atom is 0.226 e. The summed E-state index contributed by atoms with van der Waals surface area (Å²) in [7, 11) is 0. The quantitative estimate of drug-likeness (QED) is 0.153. The number of carbonyl (C=O) groups is 2. The molecule has 0 heterocycles. The Kier molecular flexibility index (Phi) is 20.4. The minimum absolute atomic E-state index is 0.0477. The smallest absolute Gasteiger partial charge is 0.226 e. The highest BCUT2D eigenvalue weighted by Gasteiger charge is 2.27. The van der Waals surface area contributed by atoms with Gasteiger partial charge in [0, 0.05) is 32.6 Å². The lowest BCUT2D eigenvalue weighted by atomic mass is 9.97. The van der Waals surface area contributed by atoms with Crippen molar-refractivity contribution in [1.82, 2.24) is 9.80 Å². The molecule has 0 saturated heterocycles. The largest absolute Gasteiger partial charge is 0.395 e. The van der Waals surface area contributed by atoms with Crippen LogP contribution in [0.2, 0.25) is 0 Å². The average molecular weight is 459 g/mol. The third-order valence-corrected chi connectivity index (χ3v) is 5.48. The normalized spacial score (nSPS) is 12.3. The van der Waals surface area contributed by atoms with Gasteiger partial charge in [0.25, 0.3) is 0 Å². The van der Waals surface area contributed by atoms with Crippen LogP contribution >= 0.6 is 0 Å². The third-order valence-electron chi connectivity index (χ3n) is 5.48. The Bertz CT molecular complexity index is 489. The van der Waals surface area contributed by atoms with Crippen LogP contribution in [0, 0.1) is 5.92 Å². The number of nitrogens with zero attached hydrogens (tertiary/aromatic N) is 2. The van der Waals surface area contributed by atoms with E-state index in [1.165, 1.54) is 48.3 Å². The van der Waals surface area contributed by atoms with E-state index in [2.05, 4.69) is 13.0 Å². The van der Waals surface area contributed by atoms with Gasteiger partial charge in [-0.05, 0) is 19.3 Å². The minimum atomic E-state index is -0.620. The molecule has 0 saturated carbocycles. The van der Waals surface area contributed by atoms with Crippen LogP contribution in [-0.2, 0) is 9.59 Å². The molecule has 0 spiro atoms. The number of rotatable bonds is 21. The Hall–Kier alpha value is -1.48. The van der Waals surface area contributed by atoms with Crippen molar-refractivity contribution in [3.8, 4) is 0 Å². The Balaban J connectivity index is 4.87. The lowest BCUT2D eigenvalue weighted by Crippen LogP contribution is -2.43. The number of allylic oxidation sites excluding steroid dienone is 2.